The molecule has 2 amide bonds. The minimum absolute atomic E-state index is 0.0785. The lowest BCUT2D eigenvalue weighted by atomic mass is 10.1. The maximum atomic E-state index is 12.8. The molecular formula is C25H28N6O3. The number of amides is 2. The summed E-state index contributed by atoms with van der Waals surface area (Å²) < 4.78 is 5.24. The molecule has 1 saturated heterocycles. The first-order chi connectivity index (χ1) is 16.3. The molecular weight excluding hydrogens is 432 g/mol. The summed E-state index contributed by atoms with van der Waals surface area (Å²) >= 11 is 0. The van der Waals surface area contributed by atoms with Crippen molar-refractivity contribution in [2.24, 2.45) is 5.92 Å². The van der Waals surface area contributed by atoms with E-state index in [0.29, 0.717) is 29.6 Å². The van der Waals surface area contributed by atoms with Crippen molar-refractivity contribution in [1.29, 1.82) is 0 Å². The third-order valence-corrected chi connectivity index (χ3v) is 5.57. The molecule has 0 radical (unpaired) electrons. The molecule has 176 valence electrons. The lowest BCUT2D eigenvalue weighted by Crippen LogP contribution is -2.28. The van der Waals surface area contributed by atoms with Crippen molar-refractivity contribution >= 4 is 40.5 Å². The van der Waals surface area contributed by atoms with Crippen LogP contribution in [0, 0.1) is 12.8 Å². The normalized spacial score (nSPS) is 15.2. The highest BCUT2D eigenvalue weighted by molar-refractivity contribution is 6.03. The van der Waals surface area contributed by atoms with Gasteiger partial charge in [-0.2, -0.15) is 0 Å². The molecule has 1 unspecified atom stereocenters. The third kappa shape index (κ3) is 5.25. The number of rotatable bonds is 7. The Labute approximate surface area is 198 Å². The van der Waals surface area contributed by atoms with Crippen LogP contribution in [-0.2, 0) is 9.59 Å². The zero-order chi connectivity index (χ0) is 24.2. The maximum absolute atomic E-state index is 12.8. The van der Waals surface area contributed by atoms with Crippen LogP contribution in [0.25, 0.3) is 0 Å². The second kappa shape index (κ2) is 9.78. The van der Waals surface area contributed by atoms with Crippen LogP contribution in [0.5, 0.6) is 5.75 Å². The van der Waals surface area contributed by atoms with Crippen LogP contribution in [0.3, 0.4) is 0 Å². The molecule has 1 fully saturated rings. The molecule has 0 saturated carbocycles. The predicted octanol–water partition coefficient (Wildman–Crippen LogP) is 3.59. The SMILES string of the molecule is COc1cccc(N2CC(C(=O)Nc3ccc(Nc4cc(N(C)C)nc(C)n4)cc3)CC2=O)c1. The molecule has 1 aliphatic heterocycles. The number of ether oxygens (including phenoxy) is 1. The summed E-state index contributed by atoms with van der Waals surface area (Å²) in [6.07, 6.45) is 0.171. The quantitative estimate of drug-likeness (QED) is 0.556. The van der Waals surface area contributed by atoms with E-state index >= 15 is 0 Å². The number of nitrogens with zero attached hydrogens (tertiary/aromatic N) is 4. The average molecular weight is 461 g/mol. The molecule has 2 heterocycles. The summed E-state index contributed by atoms with van der Waals surface area (Å²) in [6, 6.07) is 16.5. The van der Waals surface area contributed by atoms with Crippen LogP contribution in [0.2, 0.25) is 0 Å². The predicted molar refractivity (Wildman–Crippen MR) is 133 cm³/mol. The van der Waals surface area contributed by atoms with E-state index in [-0.39, 0.29) is 18.2 Å². The Hall–Kier alpha value is -4.14. The molecule has 0 spiro atoms. The number of aromatic nitrogens is 2. The Morgan fingerprint density at radius 3 is 2.53 bits per heavy atom. The smallest absolute Gasteiger partial charge is 0.229 e. The fourth-order valence-electron chi connectivity index (χ4n) is 3.79. The van der Waals surface area contributed by atoms with Gasteiger partial charge in [0.1, 0.15) is 23.2 Å². The van der Waals surface area contributed by atoms with Crippen LogP contribution >= 0.6 is 0 Å². The summed E-state index contributed by atoms with van der Waals surface area (Å²) in [4.78, 5) is 37.7. The van der Waals surface area contributed by atoms with Crippen molar-refractivity contribution in [1.82, 2.24) is 9.97 Å². The van der Waals surface area contributed by atoms with Crippen molar-refractivity contribution in [3.05, 3.63) is 60.4 Å². The number of nitrogens with one attached hydrogen (secondary N) is 2. The average Bonchev–Trinajstić information content (AvgIpc) is 3.22. The lowest BCUT2D eigenvalue weighted by molar-refractivity contribution is -0.122. The third-order valence-electron chi connectivity index (χ3n) is 5.57. The zero-order valence-corrected chi connectivity index (χ0v) is 19.7. The van der Waals surface area contributed by atoms with Crippen molar-refractivity contribution in [2.75, 3.05) is 48.2 Å². The number of methoxy groups -OCH3 is 1. The van der Waals surface area contributed by atoms with Crippen molar-refractivity contribution in [2.45, 2.75) is 13.3 Å². The molecule has 3 aromatic rings. The van der Waals surface area contributed by atoms with Crippen LogP contribution < -0.4 is 25.2 Å². The Bertz CT molecular complexity index is 1200. The van der Waals surface area contributed by atoms with Crippen LogP contribution in [-0.4, -0.2) is 49.5 Å². The van der Waals surface area contributed by atoms with Gasteiger partial charge in [-0.25, -0.2) is 9.97 Å². The first kappa shape index (κ1) is 23.0. The minimum Gasteiger partial charge on any atom is -0.497 e. The molecule has 0 aliphatic carbocycles. The number of carbonyl (C=O) groups is 2. The molecule has 9 nitrogen and oxygen atoms in total. The standard InChI is InChI=1S/C25H28N6O3/c1-16-26-22(14-23(27-16)30(2)3)28-18-8-10-19(11-9-18)29-25(33)17-12-24(32)31(15-17)20-6-5-7-21(13-20)34-4/h5-11,13-14,17H,12,15H2,1-4H3,(H,29,33)(H,26,27,28). The highest BCUT2D eigenvalue weighted by Crippen LogP contribution is 2.29. The summed E-state index contributed by atoms with van der Waals surface area (Å²) in [5, 5.41) is 6.18. The van der Waals surface area contributed by atoms with Gasteiger partial charge in [0.05, 0.1) is 13.0 Å². The summed E-state index contributed by atoms with van der Waals surface area (Å²) in [5.41, 5.74) is 2.23. The highest BCUT2D eigenvalue weighted by atomic mass is 16.5. The van der Waals surface area contributed by atoms with E-state index in [4.69, 9.17) is 4.74 Å². The van der Waals surface area contributed by atoms with Gasteiger partial charge in [0.2, 0.25) is 11.8 Å². The minimum atomic E-state index is -0.426. The van der Waals surface area contributed by atoms with Crippen LogP contribution in [0.1, 0.15) is 12.2 Å². The van der Waals surface area contributed by atoms with Crippen molar-refractivity contribution in [3.8, 4) is 5.75 Å². The first-order valence-electron chi connectivity index (χ1n) is 11.0. The second-order valence-electron chi connectivity index (χ2n) is 8.35. The van der Waals surface area contributed by atoms with Gasteiger partial charge < -0.3 is 25.2 Å². The Balaban J connectivity index is 1.38. The Morgan fingerprint density at radius 2 is 1.82 bits per heavy atom. The largest absolute Gasteiger partial charge is 0.497 e. The topological polar surface area (TPSA) is 99.7 Å². The van der Waals surface area contributed by atoms with Gasteiger partial charge in [-0.15, -0.1) is 0 Å². The van der Waals surface area contributed by atoms with Gasteiger partial charge in [-0.05, 0) is 43.3 Å². The Morgan fingerprint density at radius 1 is 1.09 bits per heavy atom. The fourth-order valence-corrected chi connectivity index (χ4v) is 3.79. The van der Waals surface area contributed by atoms with Crippen LogP contribution in [0.4, 0.5) is 28.7 Å². The van der Waals surface area contributed by atoms with E-state index < -0.39 is 5.92 Å². The number of benzene rings is 2. The molecule has 1 atom stereocenters. The first-order valence-corrected chi connectivity index (χ1v) is 11.0. The number of hydrogen-bond donors (Lipinski definition) is 2. The molecule has 9 heteroatoms. The zero-order valence-electron chi connectivity index (χ0n) is 19.7. The highest BCUT2D eigenvalue weighted by Gasteiger charge is 2.35. The van der Waals surface area contributed by atoms with Gasteiger partial charge in [0.25, 0.3) is 0 Å². The molecule has 2 N–H and O–H groups in total. The molecule has 4 rings (SSSR count). The fraction of sp³-hybridized carbons (Fsp3) is 0.280. The molecule has 0 bridgehead atoms. The van der Waals surface area contributed by atoms with Crippen LogP contribution in [0.15, 0.2) is 54.6 Å². The van der Waals surface area contributed by atoms with E-state index in [0.717, 1.165) is 17.2 Å². The number of hydrogen-bond acceptors (Lipinski definition) is 7. The molecule has 1 aliphatic rings. The molecule has 2 aromatic carbocycles. The molecule has 34 heavy (non-hydrogen) atoms. The number of anilines is 5. The van der Waals surface area contributed by atoms with Gasteiger partial charge >= 0.3 is 0 Å². The Kier molecular flexibility index (Phi) is 6.62. The van der Waals surface area contributed by atoms with Crippen molar-refractivity contribution < 1.29 is 14.3 Å². The summed E-state index contributed by atoms with van der Waals surface area (Å²) in [5.74, 6) is 2.16. The second-order valence-corrected chi connectivity index (χ2v) is 8.35. The van der Waals surface area contributed by atoms with Gasteiger partial charge in [0.15, 0.2) is 0 Å². The summed E-state index contributed by atoms with van der Waals surface area (Å²) in [6.45, 7) is 2.18. The van der Waals surface area contributed by atoms with E-state index in [9.17, 15) is 9.59 Å². The van der Waals surface area contributed by atoms with Gasteiger partial charge in [-0.1, -0.05) is 6.07 Å². The van der Waals surface area contributed by atoms with Gasteiger partial charge in [0, 0.05) is 56.3 Å². The van der Waals surface area contributed by atoms with E-state index in [1.54, 1.807) is 18.1 Å². The number of aryl methyl sites for hydroxylation is 1. The number of carbonyl (C=O) groups excluding carboxylic acids is 2. The van der Waals surface area contributed by atoms with Gasteiger partial charge in [-0.3, -0.25) is 9.59 Å². The van der Waals surface area contributed by atoms with E-state index in [1.807, 2.05) is 74.4 Å². The molecule has 1 aromatic heterocycles. The van der Waals surface area contributed by atoms with E-state index in [2.05, 4.69) is 20.6 Å². The van der Waals surface area contributed by atoms with E-state index in [1.165, 1.54) is 0 Å². The maximum Gasteiger partial charge on any atom is 0.229 e. The summed E-state index contributed by atoms with van der Waals surface area (Å²) in [7, 11) is 5.44. The monoisotopic (exact) mass is 460 g/mol. The van der Waals surface area contributed by atoms with Crippen molar-refractivity contribution in [3.63, 3.8) is 0 Å². The lowest BCUT2D eigenvalue weighted by Gasteiger charge is -2.17.